The Morgan fingerprint density at radius 3 is 2.83 bits per heavy atom. The van der Waals surface area contributed by atoms with Gasteiger partial charge in [0.05, 0.1) is 13.3 Å². The fourth-order valence-corrected chi connectivity index (χ4v) is 1.87. The first-order chi connectivity index (χ1) is 8.63. The summed E-state index contributed by atoms with van der Waals surface area (Å²) in [4.78, 5) is 20.0. The molecule has 0 spiro atoms. The molecule has 0 N–H and O–H groups in total. The van der Waals surface area contributed by atoms with Gasteiger partial charge in [-0.2, -0.15) is 0 Å². The standard InChI is InChI=1S/C12H16N4O2/c1-9-14-8-10(12(17)18-3)16(9)6-4-11-13-5-7-15(11)2/h5,7-8H,4,6H2,1-3H3. The molecular formula is C12H16N4O2. The van der Waals surface area contributed by atoms with Crippen molar-refractivity contribution in [1.82, 2.24) is 19.1 Å². The van der Waals surface area contributed by atoms with Crippen molar-refractivity contribution >= 4 is 5.97 Å². The Balaban J connectivity index is 2.16. The summed E-state index contributed by atoms with van der Waals surface area (Å²) in [6.07, 6.45) is 5.94. The van der Waals surface area contributed by atoms with Crippen molar-refractivity contribution in [2.45, 2.75) is 19.9 Å². The minimum atomic E-state index is -0.365. The van der Waals surface area contributed by atoms with Crippen LogP contribution in [0, 0.1) is 6.92 Å². The summed E-state index contributed by atoms with van der Waals surface area (Å²) in [5, 5.41) is 0. The molecule has 2 rings (SSSR count). The van der Waals surface area contributed by atoms with Gasteiger partial charge in [0, 0.05) is 32.4 Å². The lowest BCUT2D eigenvalue weighted by atomic mass is 10.3. The summed E-state index contributed by atoms with van der Waals surface area (Å²) in [7, 11) is 3.32. The van der Waals surface area contributed by atoms with Gasteiger partial charge in [-0.05, 0) is 6.92 Å². The highest BCUT2D eigenvalue weighted by molar-refractivity contribution is 5.87. The van der Waals surface area contributed by atoms with E-state index in [-0.39, 0.29) is 5.97 Å². The number of methoxy groups -OCH3 is 1. The van der Waals surface area contributed by atoms with Gasteiger partial charge in [0.25, 0.3) is 0 Å². The molecular weight excluding hydrogens is 232 g/mol. The lowest BCUT2D eigenvalue weighted by molar-refractivity contribution is 0.0588. The zero-order chi connectivity index (χ0) is 13.1. The van der Waals surface area contributed by atoms with E-state index in [9.17, 15) is 4.79 Å². The van der Waals surface area contributed by atoms with Crippen molar-refractivity contribution < 1.29 is 9.53 Å². The number of hydrogen-bond donors (Lipinski definition) is 0. The smallest absolute Gasteiger partial charge is 0.356 e. The number of aromatic nitrogens is 4. The lowest BCUT2D eigenvalue weighted by Gasteiger charge is -2.08. The zero-order valence-electron chi connectivity index (χ0n) is 10.8. The van der Waals surface area contributed by atoms with Gasteiger partial charge in [-0.25, -0.2) is 14.8 Å². The topological polar surface area (TPSA) is 61.9 Å². The molecule has 0 aliphatic carbocycles. The molecule has 0 unspecified atom stereocenters. The van der Waals surface area contributed by atoms with Gasteiger partial charge in [-0.15, -0.1) is 0 Å². The minimum absolute atomic E-state index is 0.365. The Hall–Kier alpha value is -2.11. The highest BCUT2D eigenvalue weighted by Crippen LogP contribution is 2.08. The van der Waals surface area contributed by atoms with Crippen LogP contribution in [-0.2, 0) is 24.8 Å². The van der Waals surface area contributed by atoms with Crippen LogP contribution in [0.5, 0.6) is 0 Å². The van der Waals surface area contributed by atoms with Crippen LogP contribution in [-0.4, -0.2) is 32.2 Å². The van der Waals surface area contributed by atoms with Gasteiger partial charge >= 0.3 is 5.97 Å². The molecule has 0 aliphatic rings. The fraction of sp³-hybridized carbons (Fsp3) is 0.417. The third-order valence-corrected chi connectivity index (χ3v) is 2.93. The van der Waals surface area contributed by atoms with Crippen molar-refractivity contribution in [2.75, 3.05) is 7.11 Å². The van der Waals surface area contributed by atoms with E-state index in [4.69, 9.17) is 4.74 Å². The number of carbonyl (C=O) groups excluding carboxylic acids is 1. The maximum atomic E-state index is 11.6. The molecule has 6 heteroatoms. The van der Waals surface area contributed by atoms with Gasteiger partial charge in [0.1, 0.15) is 17.3 Å². The van der Waals surface area contributed by atoms with Crippen LogP contribution in [0.1, 0.15) is 22.1 Å². The summed E-state index contributed by atoms with van der Waals surface area (Å²) in [6, 6.07) is 0. The Morgan fingerprint density at radius 2 is 2.22 bits per heavy atom. The molecule has 0 saturated heterocycles. The van der Waals surface area contributed by atoms with Crippen molar-refractivity contribution in [1.29, 1.82) is 0 Å². The van der Waals surface area contributed by atoms with Crippen molar-refractivity contribution in [2.24, 2.45) is 7.05 Å². The second kappa shape index (κ2) is 5.03. The van der Waals surface area contributed by atoms with E-state index in [1.165, 1.54) is 7.11 Å². The number of aryl methyl sites for hydroxylation is 3. The summed E-state index contributed by atoms with van der Waals surface area (Å²) in [5.74, 6) is 1.40. The second-order valence-electron chi connectivity index (χ2n) is 4.04. The number of imidazole rings is 2. The van der Waals surface area contributed by atoms with Crippen LogP contribution in [0.2, 0.25) is 0 Å². The lowest BCUT2D eigenvalue weighted by Crippen LogP contribution is -2.14. The monoisotopic (exact) mass is 248 g/mol. The van der Waals surface area contributed by atoms with Crippen molar-refractivity contribution in [3.63, 3.8) is 0 Å². The molecule has 96 valence electrons. The molecule has 2 aromatic heterocycles. The van der Waals surface area contributed by atoms with Crippen LogP contribution >= 0.6 is 0 Å². The summed E-state index contributed by atoms with van der Waals surface area (Å²) < 4.78 is 8.54. The SMILES string of the molecule is COC(=O)c1cnc(C)n1CCc1nccn1C. The molecule has 2 aromatic rings. The van der Waals surface area contributed by atoms with Gasteiger partial charge in [0.15, 0.2) is 0 Å². The fourth-order valence-electron chi connectivity index (χ4n) is 1.87. The van der Waals surface area contributed by atoms with E-state index < -0.39 is 0 Å². The predicted molar refractivity (Wildman–Crippen MR) is 65.2 cm³/mol. The van der Waals surface area contributed by atoms with Gasteiger partial charge in [0.2, 0.25) is 0 Å². The molecule has 0 amide bonds. The van der Waals surface area contributed by atoms with Gasteiger partial charge in [-0.1, -0.05) is 0 Å². The minimum Gasteiger partial charge on any atom is -0.464 e. The molecule has 0 aromatic carbocycles. The summed E-state index contributed by atoms with van der Waals surface area (Å²) in [5.41, 5.74) is 0.476. The largest absolute Gasteiger partial charge is 0.464 e. The number of esters is 1. The molecule has 18 heavy (non-hydrogen) atoms. The van der Waals surface area contributed by atoms with E-state index in [0.29, 0.717) is 12.2 Å². The van der Waals surface area contributed by atoms with Gasteiger partial charge < -0.3 is 13.9 Å². The molecule has 0 aliphatic heterocycles. The molecule has 0 fully saturated rings. The average molecular weight is 248 g/mol. The summed E-state index contributed by atoms with van der Waals surface area (Å²) >= 11 is 0. The number of carbonyl (C=O) groups is 1. The van der Waals surface area contributed by atoms with E-state index >= 15 is 0 Å². The first-order valence-corrected chi connectivity index (χ1v) is 5.70. The Morgan fingerprint density at radius 1 is 1.44 bits per heavy atom. The van der Waals surface area contributed by atoms with Crippen molar-refractivity contribution in [3.8, 4) is 0 Å². The Labute approximate surface area is 105 Å². The highest BCUT2D eigenvalue weighted by atomic mass is 16.5. The van der Waals surface area contributed by atoms with E-state index in [2.05, 4.69) is 9.97 Å². The third kappa shape index (κ3) is 2.27. The highest BCUT2D eigenvalue weighted by Gasteiger charge is 2.15. The van der Waals surface area contributed by atoms with Crippen LogP contribution in [0.4, 0.5) is 0 Å². The average Bonchev–Trinajstić information content (AvgIpc) is 2.92. The molecule has 0 bridgehead atoms. The third-order valence-electron chi connectivity index (χ3n) is 2.93. The van der Waals surface area contributed by atoms with Crippen LogP contribution in [0.15, 0.2) is 18.6 Å². The molecule has 0 atom stereocenters. The molecule has 2 heterocycles. The Bertz CT molecular complexity index is 556. The number of ether oxygens (including phenoxy) is 1. The maximum Gasteiger partial charge on any atom is 0.356 e. The molecule has 6 nitrogen and oxygen atoms in total. The van der Waals surface area contributed by atoms with Crippen molar-refractivity contribution in [3.05, 3.63) is 35.9 Å². The van der Waals surface area contributed by atoms with Crippen LogP contribution in [0.3, 0.4) is 0 Å². The van der Waals surface area contributed by atoms with E-state index in [1.807, 2.05) is 29.3 Å². The van der Waals surface area contributed by atoms with Crippen LogP contribution in [0.25, 0.3) is 0 Å². The van der Waals surface area contributed by atoms with E-state index in [0.717, 1.165) is 18.1 Å². The van der Waals surface area contributed by atoms with E-state index in [1.54, 1.807) is 12.4 Å². The number of hydrogen-bond acceptors (Lipinski definition) is 4. The van der Waals surface area contributed by atoms with Crippen LogP contribution < -0.4 is 0 Å². The molecule has 0 saturated carbocycles. The maximum absolute atomic E-state index is 11.6. The Kier molecular flexibility index (Phi) is 3.45. The number of rotatable bonds is 4. The normalized spacial score (nSPS) is 10.6. The first-order valence-electron chi connectivity index (χ1n) is 5.70. The summed E-state index contributed by atoms with van der Waals surface area (Å²) in [6.45, 7) is 2.52. The van der Waals surface area contributed by atoms with Gasteiger partial charge in [-0.3, -0.25) is 0 Å². The predicted octanol–water partition coefficient (Wildman–Crippen LogP) is 0.954. The number of nitrogens with zero attached hydrogens (tertiary/aromatic N) is 4. The second-order valence-corrected chi connectivity index (χ2v) is 4.04. The quantitative estimate of drug-likeness (QED) is 0.756. The molecule has 0 radical (unpaired) electrons. The first kappa shape index (κ1) is 12.3. The zero-order valence-corrected chi connectivity index (χ0v) is 10.8.